The molecular weight excluding hydrogens is 482 g/mol. The molecule has 0 unspecified atom stereocenters. The van der Waals surface area contributed by atoms with Crippen molar-refractivity contribution in [2.24, 2.45) is 0 Å². The Kier molecular flexibility index (Phi) is 5.80. The maximum Gasteiger partial charge on any atom is 0.164 e. The number of benzene rings is 4. The molecule has 0 spiro atoms. The lowest BCUT2D eigenvalue weighted by atomic mass is 10.0. The van der Waals surface area contributed by atoms with Crippen molar-refractivity contribution in [3.05, 3.63) is 113 Å². The summed E-state index contributed by atoms with van der Waals surface area (Å²) < 4.78 is 1.01. The average Bonchev–Trinajstić information content (AvgIpc) is 2.84. The lowest BCUT2D eigenvalue weighted by Gasteiger charge is -2.10. The maximum atomic E-state index is 6.52. The van der Waals surface area contributed by atoms with Gasteiger partial charge in [-0.3, -0.25) is 0 Å². The van der Waals surface area contributed by atoms with Crippen LogP contribution in [0.1, 0.15) is 0 Å². The fourth-order valence-corrected chi connectivity index (χ4v) is 4.13. The fraction of sp³-hybridized carbons (Fsp3) is 0. The zero-order valence-electron chi connectivity index (χ0n) is 16.9. The molecule has 1 aromatic heterocycles. The third kappa shape index (κ3) is 4.47. The van der Waals surface area contributed by atoms with E-state index in [1.165, 1.54) is 0 Å². The minimum atomic E-state index is 0.580. The smallest absolute Gasteiger partial charge is 0.164 e. The van der Waals surface area contributed by atoms with Crippen molar-refractivity contribution in [2.45, 2.75) is 0 Å². The molecule has 5 heteroatoms. The summed E-state index contributed by atoms with van der Waals surface area (Å²) in [6.45, 7) is 0. The molecule has 1 heterocycles. The van der Waals surface area contributed by atoms with Crippen LogP contribution in [0.3, 0.4) is 0 Å². The Morgan fingerprint density at radius 3 is 1.53 bits per heavy atom. The van der Waals surface area contributed by atoms with Gasteiger partial charge in [-0.05, 0) is 41.5 Å². The van der Waals surface area contributed by atoms with Crippen LogP contribution in [-0.4, -0.2) is 15.0 Å². The number of nitrogens with zero attached hydrogens (tertiary/aromatic N) is 3. The van der Waals surface area contributed by atoms with Crippen molar-refractivity contribution < 1.29 is 0 Å². The lowest BCUT2D eigenvalue weighted by molar-refractivity contribution is 1.07. The summed E-state index contributed by atoms with van der Waals surface area (Å²) in [7, 11) is 0. The van der Waals surface area contributed by atoms with Gasteiger partial charge in [-0.25, -0.2) is 15.0 Å². The lowest BCUT2D eigenvalue weighted by Crippen LogP contribution is -2.00. The van der Waals surface area contributed by atoms with Gasteiger partial charge in [0.1, 0.15) is 0 Å². The second-order valence-electron chi connectivity index (χ2n) is 7.28. The predicted octanol–water partition coefficient (Wildman–Crippen LogP) is 7.96. The summed E-state index contributed by atoms with van der Waals surface area (Å²) >= 11 is 10.1. The van der Waals surface area contributed by atoms with Crippen molar-refractivity contribution in [2.75, 3.05) is 0 Å². The summed E-state index contributed by atoms with van der Waals surface area (Å²) in [4.78, 5) is 14.4. The van der Waals surface area contributed by atoms with Gasteiger partial charge in [0.05, 0.1) is 0 Å². The van der Waals surface area contributed by atoms with Crippen LogP contribution < -0.4 is 0 Å². The number of hydrogen-bond acceptors (Lipinski definition) is 3. The van der Waals surface area contributed by atoms with Gasteiger partial charge in [0, 0.05) is 26.2 Å². The first-order chi connectivity index (χ1) is 15.7. The Balaban J connectivity index is 1.69. The van der Waals surface area contributed by atoms with E-state index in [2.05, 4.69) is 34.1 Å². The van der Waals surface area contributed by atoms with Gasteiger partial charge in [-0.15, -0.1) is 0 Å². The number of halogens is 2. The SMILES string of the molecule is Clc1cc(-c2cccc(Br)c2)cc(-c2nc(-c3ccccc3)nc(-c3ccccc3)n2)c1. The second kappa shape index (κ2) is 9.03. The van der Waals surface area contributed by atoms with Crippen LogP contribution in [0, 0.1) is 0 Å². The first-order valence-corrected chi connectivity index (χ1v) is 11.3. The molecule has 3 nitrogen and oxygen atoms in total. The molecule has 4 aromatic carbocycles. The van der Waals surface area contributed by atoms with Gasteiger partial charge in [-0.2, -0.15) is 0 Å². The molecule has 32 heavy (non-hydrogen) atoms. The Hall–Kier alpha value is -3.34. The molecule has 0 N–H and O–H groups in total. The van der Waals surface area contributed by atoms with E-state index in [4.69, 9.17) is 26.6 Å². The summed E-state index contributed by atoms with van der Waals surface area (Å²) in [6.07, 6.45) is 0. The van der Waals surface area contributed by atoms with E-state index in [1.54, 1.807) is 0 Å². The first-order valence-electron chi connectivity index (χ1n) is 10.1. The maximum absolute atomic E-state index is 6.52. The second-order valence-corrected chi connectivity index (χ2v) is 8.63. The molecule has 5 rings (SSSR count). The molecule has 0 fully saturated rings. The van der Waals surface area contributed by atoms with E-state index in [0.29, 0.717) is 22.5 Å². The third-order valence-corrected chi connectivity index (χ3v) is 5.72. The van der Waals surface area contributed by atoms with E-state index in [1.807, 2.05) is 84.9 Å². The zero-order valence-corrected chi connectivity index (χ0v) is 19.3. The van der Waals surface area contributed by atoms with E-state index >= 15 is 0 Å². The van der Waals surface area contributed by atoms with Gasteiger partial charge in [0.2, 0.25) is 0 Å². The number of aromatic nitrogens is 3. The minimum Gasteiger partial charge on any atom is -0.208 e. The summed E-state index contributed by atoms with van der Waals surface area (Å²) in [6, 6.07) is 33.9. The van der Waals surface area contributed by atoms with Crippen molar-refractivity contribution >= 4 is 27.5 Å². The molecule has 0 bridgehead atoms. The normalized spacial score (nSPS) is 10.8. The van der Waals surface area contributed by atoms with E-state index in [9.17, 15) is 0 Å². The van der Waals surface area contributed by atoms with Crippen LogP contribution >= 0.6 is 27.5 Å². The van der Waals surface area contributed by atoms with Crippen LogP contribution in [0.2, 0.25) is 5.02 Å². The largest absolute Gasteiger partial charge is 0.208 e. The number of rotatable bonds is 4. The average molecular weight is 499 g/mol. The monoisotopic (exact) mass is 497 g/mol. The summed E-state index contributed by atoms with van der Waals surface area (Å²) in [5.74, 6) is 1.83. The fourth-order valence-electron chi connectivity index (χ4n) is 3.49. The summed E-state index contributed by atoms with van der Waals surface area (Å²) in [5, 5.41) is 0.625. The van der Waals surface area contributed by atoms with Crippen LogP contribution in [0.4, 0.5) is 0 Å². The molecule has 5 aromatic rings. The van der Waals surface area contributed by atoms with Crippen molar-refractivity contribution in [3.63, 3.8) is 0 Å². The molecular formula is C27H17BrClN3. The molecule has 0 saturated carbocycles. The van der Waals surface area contributed by atoms with Crippen LogP contribution in [0.5, 0.6) is 0 Å². The van der Waals surface area contributed by atoms with Gasteiger partial charge in [-0.1, -0.05) is 100 Å². The molecule has 0 aliphatic rings. The highest BCUT2D eigenvalue weighted by Crippen LogP contribution is 2.32. The molecule has 0 atom stereocenters. The van der Waals surface area contributed by atoms with Crippen molar-refractivity contribution in [1.82, 2.24) is 15.0 Å². The topological polar surface area (TPSA) is 38.7 Å². The van der Waals surface area contributed by atoms with Crippen LogP contribution in [-0.2, 0) is 0 Å². The van der Waals surface area contributed by atoms with E-state index in [-0.39, 0.29) is 0 Å². The van der Waals surface area contributed by atoms with Gasteiger partial charge in [0.25, 0.3) is 0 Å². The molecule has 0 saturated heterocycles. The highest BCUT2D eigenvalue weighted by atomic mass is 79.9. The Bertz CT molecular complexity index is 1330. The Labute approximate surface area is 199 Å². The van der Waals surface area contributed by atoms with Crippen LogP contribution in [0.15, 0.2) is 108 Å². The quantitative estimate of drug-likeness (QED) is 0.252. The first kappa shape index (κ1) is 20.6. The van der Waals surface area contributed by atoms with E-state index < -0.39 is 0 Å². The van der Waals surface area contributed by atoms with Crippen molar-refractivity contribution in [1.29, 1.82) is 0 Å². The molecule has 154 valence electrons. The Morgan fingerprint density at radius 2 is 0.969 bits per heavy atom. The molecule has 0 radical (unpaired) electrons. The van der Waals surface area contributed by atoms with Gasteiger partial charge >= 0.3 is 0 Å². The minimum absolute atomic E-state index is 0.580. The number of hydrogen-bond donors (Lipinski definition) is 0. The zero-order chi connectivity index (χ0) is 21.9. The molecule has 0 aliphatic heterocycles. The predicted molar refractivity (Wildman–Crippen MR) is 134 cm³/mol. The van der Waals surface area contributed by atoms with Crippen LogP contribution in [0.25, 0.3) is 45.3 Å². The Morgan fingerprint density at radius 1 is 0.469 bits per heavy atom. The summed E-state index contributed by atoms with van der Waals surface area (Å²) in [5.41, 5.74) is 4.76. The third-order valence-electron chi connectivity index (χ3n) is 5.01. The van der Waals surface area contributed by atoms with Gasteiger partial charge in [0.15, 0.2) is 17.5 Å². The molecule has 0 aliphatic carbocycles. The molecule has 0 amide bonds. The van der Waals surface area contributed by atoms with Gasteiger partial charge < -0.3 is 0 Å². The highest BCUT2D eigenvalue weighted by molar-refractivity contribution is 9.10. The van der Waals surface area contributed by atoms with Crippen molar-refractivity contribution in [3.8, 4) is 45.3 Å². The highest BCUT2D eigenvalue weighted by Gasteiger charge is 2.13. The van der Waals surface area contributed by atoms with E-state index in [0.717, 1.165) is 32.3 Å². The standard InChI is InChI=1S/C27H17BrClN3/c28-23-13-7-12-20(15-23)21-14-22(17-24(29)16-21)27-31-25(18-8-3-1-4-9-18)30-26(32-27)19-10-5-2-6-11-19/h1-17H.